The molecule has 2 aliphatic heterocycles. The highest BCUT2D eigenvalue weighted by atomic mass is 15.2. The summed E-state index contributed by atoms with van der Waals surface area (Å²) in [6.45, 7) is 6.42. The fourth-order valence-electron chi connectivity index (χ4n) is 2.78. The number of nitrogens with two attached hydrogens (primary N) is 1. The van der Waals surface area contributed by atoms with Gasteiger partial charge in [-0.05, 0) is 58.3 Å². The highest BCUT2D eigenvalue weighted by Gasteiger charge is 2.23. The predicted molar refractivity (Wildman–Crippen MR) is 63.9 cm³/mol. The van der Waals surface area contributed by atoms with Crippen molar-refractivity contribution >= 4 is 0 Å². The highest BCUT2D eigenvalue weighted by molar-refractivity contribution is 4.79. The van der Waals surface area contributed by atoms with Gasteiger partial charge < -0.3 is 15.5 Å². The first kappa shape index (κ1) is 11.4. The number of nitrogens with zero attached hydrogens (tertiary/aromatic N) is 2. The van der Waals surface area contributed by atoms with E-state index in [-0.39, 0.29) is 0 Å². The summed E-state index contributed by atoms with van der Waals surface area (Å²) in [6, 6.07) is 0.463. The molecule has 1 atom stereocenters. The highest BCUT2D eigenvalue weighted by Crippen LogP contribution is 2.18. The Hall–Kier alpha value is -0.120. The quantitative estimate of drug-likeness (QED) is 0.748. The molecule has 3 heteroatoms. The van der Waals surface area contributed by atoms with Crippen LogP contribution in [-0.2, 0) is 0 Å². The van der Waals surface area contributed by atoms with Crippen molar-refractivity contribution in [2.75, 3.05) is 39.8 Å². The maximum Gasteiger partial charge on any atom is 0.00514 e. The number of likely N-dealkylation sites (tertiary alicyclic amines) is 2. The van der Waals surface area contributed by atoms with Crippen molar-refractivity contribution in [1.82, 2.24) is 9.80 Å². The van der Waals surface area contributed by atoms with Gasteiger partial charge in [0, 0.05) is 19.1 Å². The molecule has 2 fully saturated rings. The van der Waals surface area contributed by atoms with Gasteiger partial charge in [0.2, 0.25) is 0 Å². The van der Waals surface area contributed by atoms with Crippen molar-refractivity contribution in [1.29, 1.82) is 0 Å². The summed E-state index contributed by atoms with van der Waals surface area (Å²) < 4.78 is 0. The van der Waals surface area contributed by atoms with Crippen molar-refractivity contribution in [3.8, 4) is 0 Å². The van der Waals surface area contributed by atoms with Crippen LogP contribution in [0.1, 0.15) is 25.7 Å². The molecule has 0 spiro atoms. The van der Waals surface area contributed by atoms with Gasteiger partial charge in [-0.25, -0.2) is 0 Å². The second-order valence-corrected chi connectivity index (χ2v) is 5.41. The summed E-state index contributed by atoms with van der Waals surface area (Å²) in [5, 5.41) is 0. The molecular weight excluding hydrogens is 186 g/mol. The largest absolute Gasteiger partial charge is 0.328 e. The molecule has 0 radical (unpaired) electrons. The van der Waals surface area contributed by atoms with Crippen LogP contribution in [0.5, 0.6) is 0 Å². The minimum atomic E-state index is 0.463. The average molecular weight is 211 g/mol. The van der Waals surface area contributed by atoms with Gasteiger partial charge in [-0.2, -0.15) is 0 Å². The van der Waals surface area contributed by atoms with Crippen LogP contribution in [0.15, 0.2) is 0 Å². The molecule has 88 valence electrons. The lowest BCUT2D eigenvalue weighted by Crippen LogP contribution is -2.45. The van der Waals surface area contributed by atoms with Crippen molar-refractivity contribution in [2.24, 2.45) is 11.7 Å². The van der Waals surface area contributed by atoms with Gasteiger partial charge in [0.1, 0.15) is 0 Å². The van der Waals surface area contributed by atoms with Crippen LogP contribution >= 0.6 is 0 Å². The molecule has 3 nitrogen and oxygen atoms in total. The minimum absolute atomic E-state index is 0.463. The van der Waals surface area contributed by atoms with Crippen molar-refractivity contribution in [3.05, 3.63) is 0 Å². The monoisotopic (exact) mass is 211 g/mol. The zero-order valence-corrected chi connectivity index (χ0v) is 9.99. The lowest BCUT2D eigenvalue weighted by Gasteiger charge is -2.37. The third-order valence-electron chi connectivity index (χ3n) is 3.86. The molecule has 0 aliphatic carbocycles. The molecule has 1 unspecified atom stereocenters. The van der Waals surface area contributed by atoms with Crippen LogP contribution in [0.3, 0.4) is 0 Å². The second-order valence-electron chi connectivity index (χ2n) is 5.41. The van der Waals surface area contributed by atoms with E-state index >= 15 is 0 Å². The zero-order valence-electron chi connectivity index (χ0n) is 9.99. The number of hydrogen-bond acceptors (Lipinski definition) is 3. The lowest BCUT2D eigenvalue weighted by molar-refractivity contribution is 0.112. The topological polar surface area (TPSA) is 32.5 Å². The average Bonchev–Trinajstić information content (AvgIpc) is 2.36. The van der Waals surface area contributed by atoms with Crippen LogP contribution in [0.4, 0.5) is 0 Å². The first-order valence-corrected chi connectivity index (χ1v) is 6.40. The van der Waals surface area contributed by atoms with E-state index in [1.165, 1.54) is 58.4 Å². The van der Waals surface area contributed by atoms with Crippen molar-refractivity contribution in [2.45, 2.75) is 31.7 Å². The van der Waals surface area contributed by atoms with E-state index < -0.39 is 0 Å². The fraction of sp³-hybridized carbons (Fsp3) is 1.00. The maximum absolute atomic E-state index is 5.98. The summed E-state index contributed by atoms with van der Waals surface area (Å²) >= 11 is 0. The Kier molecular flexibility index (Phi) is 4.00. The molecule has 0 amide bonds. The smallest absolute Gasteiger partial charge is 0.00514 e. The van der Waals surface area contributed by atoms with Crippen molar-refractivity contribution in [3.63, 3.8) is 0 Å². The predicted octanol–water partition coefficient (Wildman–Crippen LogP) is 0.751. The SMILES string of the molecule is CN1CC(CCN2CCCC(N)CC2)C1. The summed E-state index contributed by atoms with van der Waals surface area (Å²) in [4.78, 5) is 5.02. The van der Waals surface area contributed by atoms with Gasteiger partial charge in [0.05, 0.1) is 0 Å². The van der Waals surface area contributed by atoms with E-state index in [1.54, 1.807) is 0 Å². The Morgan fingerprint density at radius 1 is 1.20 bits per heavy atom. The van der Waals surface area contributed by atoms with E-state index in [2.05, 4.69) is 16.8 Å². The van der Waals surface area contributed by atoms with Crippen LogP contribution in [0.2, 0.25) is 0 Å². The number of hydrogen-bond donors (Lipinski definition) is 1. The van der Waals surface area contributed by atoms with Gasteiger partial charge in [0.15, 0.2) is 0 Å². The van der Waals surface area contributed by atoms with Crippen LogP contribution in [0.25, 0.3) is 0 Å². The third kappa shape index (κ3) is 3.44. The molecule has 0 aromatic heterocycles. The van der Waals surface area contributed by atoms with Crippen molar-refractivity contribution < 1.29 is 0 Å². The fourth-order valence-corrected chi connectivity index (χ4v) is 2.78. The van der Waals surface area contributed by atoms with Gasteiger partial charge >= 0.3 is 0 Å². The van der Waals surface area contributed by atoms with Gasteiger partial charge in [0.25, 0.3) is 0 Å². The van der Waals surface area contributed by atoms with Gasteiger partial charge in [-0.15, -0.1) is 0 Å². The molecule has 2 aliphatic rings. The van der Waals surface area contributed by atoms with E-state index in [0.29, 0.717) is 6.04 Å². The maximum atomic E-state index is 5.98. The first-order valence-electron chi connectivity index (χ1n) is 6.40. The summed E-state index contributed by atoms with van der Waals surface area (Å²) in [5.41, 5.74) is 5.98. The molecule has 2 N–H and O–H groups in total. The molecule has 15 heavy (non-hydrogen) atoms. The van der Waals surface area contributed by atoms with E-state index in [0.717, 1.165) is 5.92 Å². The molecule has 2 rings (SSSR count). The van der Waals surface area contributed by atoms with Crippen LogP contribution in [0, 0.1) is 5.92 Å². The Morgan fingerprint density at radius 2 is 2.00 bits per heavy atom. The molecule has 2 saturated heterocycles. The Labute approximate surface area is 93.6 Å². The van der Waals surface area contributed by atoms with Gasteiger partial charge in [-0.3, -0.25) is 0 Å². The van der Waals surface area contributed by atoms with E-state index in [1.807, 2.05) is 0 Å². The second kappa shape index (κ2) is 5.28. The molecule has 0 bridgehead atoms. The molecular formula is C12H25N3. The normalized spacial score (nSPS) is 31.2. The van der Waals surface area contributed by atoms with E-state index in [9.17, 15) is 0 Å². The molecule has 0 aromatic rings. The zero-order chi connectivity index (χ0) is 10.7. The van der Waals surface area contributed by atoms with Crippen LogP contribution in [-0.4, -0.2) is 55.6 Å². The molecule has 0 saturated carbocycles. The lowest BCUT2D eigenvalue weighted by atomic mass is 9.97. The Bertz CT molecular complexity index is 189. The standard InChI is InChI=1S/C12H25N3/c1-14-9-11(10-14)4-7-15-6-2-3-12(13)5-8-15/h11-12H,2-10,13H2,1H3. The summed E-state index contributed by atoms with van der Waals surface area (Å²) in [7, 11) is 2.21. The Morgan fingerprint density at radius 3 is 2.73 bits per heavy atom. The van der Waals surface area contributed by atoms with Gasteiger partial charge in [-0.1, -0.05) is 0 Å². The Balaban J connectivity index is 1.61. The summed E-state index contributed by atoms with van der Waals surface area (Å²) in [5.74, 6) is 0.965. The van der Waals surface area contributed by atoms with E-state index in [4.69, 9.17) is 5.73 Å². The van der Waals surface area contributed by atoms with Crippen LogP contribution < -0.4 is 5.73 Å². The summed E-state index contributed by atoms with van der Waals surface area (Å²) in [6.07, 6.45) is 5.11. The minimum Gasteiger partial charge on any atom is -0.328 e. The molecule has 0 aromatic carbocycles. The number of rotatable bonds is 3. The third-order valence-corrected chi connectivity index (χ3v) is 3.86. The first-order chi connectivity index (χ1) is 7.24. The molecule has 2 heterocycles.